The predicted octanol–water partition coefficient (Wildman–Crippen LogP) is 5.98. The lowest BCUT2D eigenvalue weighted by Crippen LogP contribution is -2.25. The summed E-state index contributed by atoms with van der Waals surface area (Å²) in [4.78, 5) is 31.6. The number of aromatic nitrogens is 2. The highest BCUT2D eigenvalue weighted by Gasteiger charge is 2.36. The lowest BCUT2D eigenvalue weighted by Gasteiger charge is -2.27. The highest BCUT2D eigenvalue weighted by atomic mass is 19.4. The Labute approximate surface area is 202 Å². The molecule has 1 fully saturated rings. The first-order chi connectivity index (χ1) is 16.6. The highest BCUT2D eigenvalue weighted by molar-refractivity contribution is 6.07. The summed E-state index contributed by atoms with van der Waals surface area (Å²) in [5, 5.41) is 2.49. The van der Waals surface area contributed by atoms with E-state index >= 15 is 0 Å². The summed E-state index contributed by atoms with van der Waals surface area (Å²) in [5.74, 6) is -0.452. The Bertz CT molecular complexity index is 1100. The first kappa shape index (κ1) is 26.1. The number of aryl methyl sites for hydroxylation is 1. The summed E-state index contributed by atoms with van der Waals surface area (Å²) in [5.41, 5.74) is 0.971. The molecule has 0 saturated heterocycles. The molecule has 0 atom stereocenters. The zero-order valence-electron chi connectivity index (χ0n) is 19.7. The number of carbonyl (C=O) groups is 2. The van der Waals surface area contributed by atoms with Crippen LogP contribution in [0.3, 0.4) is 0 Å². The van der Waals surface area contributed by atoms with E-state index in [-0.39, 0.29) is 12.1 Å². The van der Waals surface area contributed by atoms with E-state index in [1.165, 1.54) is 6.92 Å². The van der Waals surface area contributed by atoms with Crippen LogP contribution >= 0.6 is 0 Å². The second-order valence-corrected chi connectivity index (χ2v) is 8.58. The summed E-state index contributed by atoms with van der Waals surface area (Å²) in [6.45, 7) is 6.17. The third-order valence-electron chi connectivity index (χ3n) is 6.12. The third-order valence-corrected chi connectivity index (χ3v) is 6.12. The Morgan fingerprint density at radius 2 is 1.86 bits per heavy atom. The Balaban J connectivity index is 1.64. The van der Waals surface area contributed by atoms with Crippen molar-refractivity contribution in [3.05, 3.63) is 60.0 Å². The van der Waals surface area contributed by atoms with Crippen molar-refractivity contribution in [3.8, 4) is 17.1 Å². The van der Waals surface area contributed by atoms with E-state index in [0.717, 1.165) is 54.7 Å². The Morgan fingerprint density at radius 3 is 2.40 bits per heavy atom. The highest BCUT2D eigenvalue weighted by Crippen LogP contribution is 2.32. The normalized spacial score (nSPS) is 18.6. The molecule has 1 saturated carbocycles. The molecule has 35 heavy (non-hydrogen) atoms. The molecule has 1 amide bonds. The topological polar surface area (TPSA) is 81.2 Å². The number of nitrogens with one attached hydrogen (secondary N) is 1. The Kier molecular flexibility index (Phi) is 8.43. The lowest BCUT2D eigenvalue weighted by molar-refractivity contribution is -0.115. The number of anilines is 1. The van der Waals surface area contributed by atoms with Gasteiger partial charge in [0.15, 0.2) is 0 Å². The molecule has 1 N–H and O–H groups in total. The van der Waals surface area contributed by atoms with Gasteiger partial charge in [-0.2, -0.15) is 13.2 Å². The van der Waals surface area contributed by atoms with Crippen LogP contribution in [0.4, 0.5) is 18.9 Å². The van der Waals surface area contributed by atoms with Crippen LogP contribution in [0.15, 0.2) is 54.4 Å². The molecule has 2 aromatic rings. The van der Waals surface area contributed by atoms with E-state index in [1.807, 2.05) is 6.92 Å². The van der Waals surface area contributed by atoms with Crippen LogP contribution in [0, 0.1) is 12.8 Å². The van der Waals surface area contributed by atoms with Crippen LogP contribution < -0.4 is 10.1 Å². The van der Waals surface area contributed by atoms with Gasteiger partial charge in [-0.25, -0.2) is 9.97 Å². The molecule has 0 aliphatic heterocycles. The fourth-order valence-corrected chi connectivity index (χ4v) is 4.15. The number of rotatable bonds is 8. The molecule has 0 spiro atoms. The number of carbonyl (C=O) groups excluding carboxylic acids is 2. The van der Waals surface area contributed by atoms with E-state index in [4.69, 9.17) is 4.74 Å². The molecule has 0 unspecified atom stereocenters. The number of halogens is 3. The van der Waals surface area contributed by atoms with Gasteiger partial charge >= 0.3 is 12.2 Å². The van der Waals surface area contributed by atoms with Crippen molar-refractivity contribution in [2.24, 2.45) is 5.92 Å². The smallest absolute Gasteiger partial charge is 0.416 e. The molecule has 1 heterocycles. The first-order valence-electron chi connectivity index (χ1n) is 11.4. The molecule has 3 rings (SSSR count). The summed E-state index contributed by atoms with van der Waals surface area (Å²) in [6, 6.07) is 5.30. The maximum Gasteiger partial charge on any atom is 0.416 e. The maximum atomic E-state index is 12.9. The number of nitrogens with zero attached hydrogens (tertiary/aromatic N) is 2. The summed E-state index contributed by atoms with van der Waals surface area (Å²) in [6.07, 6.45) is 4.91. The number of aldehydes is 1. The average molecular weight is 488 g/mol. The van der Waals surface area contributed by atoms with Crippen molar-refractivity contribution in [1.82, 2.24) is 9.97 Å². The van der Waals surface area contributed by atoms with Gasteiger partial charge < -0.3 is 14.8 Å². The van der Waals surface area contributed by atoms with Crippen molar-refractivity contribution in [1.29, 1.82) is 0 Å². The third kappa shape index (κ3) is 6.77. The predicted molar refractivity (Wildman–Crippen MR) is 127 cm³/mol. The molecule has 9 heteroatoms. The van der Waals surface area contributed by atoms with Gasteiger partial charge in [0.05, 0.1) is 5.57 Å². The van der Waals surface area contributed by atoms with Crippen LogP contribution in [0.1, 0.15) is 44.6 Å². The van der Waals surface area contributed by atoms with Gasteiger partial charge in [0, 0.05) is 35.6 Å². The van der Waals surface area contributed by atoms with E-state index in [0.29, 0.717) is 18.0 Å². The standard InChI is InChI=1S/C26H28F3N3O3/c1-4-22(17(3)26(27,28)29)24(34)32-20-7-10-23(16(2)13-20)19-14-30-25(31-15-19)35-21-8-5-18(6-9-21)11-12-33/h4,7,10,12-15,18,21H,3,5-6,8-9,11H2,1-2H3,(H,32,34)/b22-4+. The number of allylic oxidation sites excluding steroid dienone is 1. The van der Waals surface area contributed by atoms with E-state index in [1.54, 1.807) is 30.6 Å². The molecular formula is C26H28F3N3O3. The van der Waals surface area contributed by atoms with Crippen LogP contribution in [-0.2, 0) is 9.59 Å². The minimum atomic E-state index is -4.69. The van der Waals surface area contributed by atoms with Gasteiger partial charge in [0.1, 0.15) is 12.4 Å². The minimum Gasteiger partial charge on any atom is -0.460 e. The number of alkyl halides is 3. The molecular weight excluding hydrogens is 459 g/mol. The lowest BCUT2D eigenvalue weighted by atomic mass is 9.86. The number of hydrogen-bond donors (Lipinski definition) is 1. The molecule has 1 aliphatic carbocycles. The van der Waals surface area contributed by atoms with E-state index in [9.17, 15) is 22.8 Å². The molecule has 0 bridgehead atoms. The fourth-order valence-electron chi connectivity index (χ4n) is 4.15. The Hall–Kier alpha value is -3.49. The molecule has 6 nitrogen and oxygen atoms in total. The average Bonchev–Trinajstić information content (AvgIpc) is 2.81. The number of ether oxygens (including phenoxy) is 1. The van der Waals surface area contributed by atoms with E-state index < -0.39 is 23.2 Å². The quantitative estimate of drug-likeness (QED) is 0.281. The van der Waals surface area contributed by atoms with Crippen LogP contribution in [-0.4, -0.2) is 34.4 Å². The van der Waals surface area contributed by atoms with Crippen molar-refractivity contribution < 1.29 is 27.5 Å². The zero-order valence-corrected chi connectivity index (χ0v) is 19.7. The molecule has 1 aromatic heterocycles. The second kappa shape index (κ2) is 11.3. The van der Waals surface area contributed by atoms with Gasteiger partial charge in [-0.3, -0.25) is 4.79 Å². The van der Waals surface area contributed by atoms with Crippen molar-refractivity contribution in [2.75, 3.05) is 5.32 Å². The van der Waals surface area contributed by atoms with Gasteiger partial charge in [-0.1, -0.05) is 18.7 Å². The largest absolute Gasteiger partial charge is 0.460 e. The summed E-state index contributed by atoms with van der Waals surface area (Å²) >= 11 is 0. The van der Waals surface area contributed by atoms with Gasteiger partial charge in [0.2, 0.25) is 0 Å². The second-order valence-electron chi connectivity index (χ2n) is 8.58. The summed E-state index contributed by atoms with van der Waals surface area (Å²) < 4.78 is 44.7. The van der Waals surface area contributed by atoms with Crippen molar-refractivity contribution >= 4 is 17.9 Å². The zero-order chi connectivity index (χ0) is 25.6. The number of benzene rings is 1. The van der Waals surface area contributed by atoms with Crippen molar-refractivity contribution in [3.63, 3.8) is 0 Å². The van der Waals surface area contributed by atoms with Gasteiger partial charge in [-0.15, -0.1) is 0 Å². The molecule has 0 radical (unpaired) electrons. The molecule has 186 valence electrons. The Morgan fingerprint density at radius 1 is 1.20 bits per heavy atom. The molecule has 1 aromatic carbocycles. The number of hydrogen-bond acceptors (Lipinski definition) is 5. The van der Waals surface area contributed by atoms with Crippen LogP contribution in [0.25, 0.3) is 11.1 Å². The fraction of sp³-hybridized carbons (Fsp3) is 0.385. The maximum absolute atomic E-state index is 12.9. The van der Waals surface area contributed by atoms with E-state index in [2.05, 4.69) is 21.9 Å². The first-order valence-corrected chi connectivity index (χ1v) is 11.4. The summed E-state index contributed by atoms with van der Waals surface area (Å²) in [7, 11) is 0. The van der Waals surface area contributed by atoms with Crippen LogP contribution in [0.2, 0.25) is 0 Å². The monoisotopic (exact) mass is 487 g/mol. The van der Waals surface area contributed by atoms with Gasteiger partial charge in [0.25, 0.3) is 5.91 Å². The van der Waals surface area contributed by atoms with Crippen LogP contribution in [0.5, 0.6) is 6.01 Å². The van der Waals surface area contributed by atoms with Gasteiger partial charge in [-0.05, 0) is 68.7 Å². The minimum absolute atomic E-state index is 0.0314. The van der Waals surface area contributed by atoms with Crippen molar-refractivity contribution in [2.45, 2.75) is 58.2 Å². The molecule has 1 aliphatic rings. The number of amides is 1. The SMILES string of the molecule is C=C(/C(=C\C)C(=O)Nc1ccc(-c2cnc(OC3CCC(CC=O)CC3)nc2)c(C)c1)C(F)(F)F.